The number of benzene rings is 1. The largest absolute Gasteiger partial charge is 0.466 e. The topological polar surface area (TPSA) is 71.2 Å². The molecule has 0 aliphatic rings. The summed E-state index contributed by atoms with van der Waals surface area (Å²) in [7, 11) is 0. The second-order valence-corrected chi connectivity index (χ2v) is 4.87. The van der Waals surface area contributed by atoms with Crippen LogP contribution in [0.3, 0.4) is 0 Å². The van der Waals surface area contributed by atoms with Crippen molar-refractivity contribution in [1.82, 2.24) is 10.3 Å². The van der Waals surface area contributed by atoms with E-state index in [0.717, 1.165) is 10.9 Å². The quantitative estimate of drug-likeness (QED) is 0.655. The van der Waals surface area contributed by atoms with Crippen LogP contribution in [0.1, 0.15) is 29.9 Å². The highest BCUT2D eigenvalue weighted by Gasteiger charge is 2.21. The van der Waals surface area contributed by atoms with E-state index >= 15 is 0 Å². The van der Waals surface area contributed by atoms with Crippen LogP contribution in [0.25, 0.3) is 10.9 Å². The third-order valence-corrected chi connectivity index (χ3v) is 3.26. The number of carbonyl (C=O) groups excluding carboxylic acids is 2. The minimum Gasteiger partial charge on any atom is -0.466 e. The second-order valence-electron chi connectivity index (χ2n) is 4.87. The number of aromatic amines is 1. The fourth-order valence-electron chi connectivity index (χ4n) is 2.24. The number of amides is 1. The predicted molar refractivity (Wildman–Crippen MR) is 84.4 cm³/mol. The average molecular weight is 298 g/mol. The summed E-state index contributed by atoms with van der Waals surface area (Å²) in [5, 5.41) is 3.52. The van der Waals surface area contributed by atoms with Crippen LogP contribution in [-0.2, 0) is 16.0 Å². The summed E-state index contributed by atoms with van der Waals surface area (Å²) in [6.07, 6.45) is 5.32. The van der Waals surface area contributed by atoms with Crippen LogP contribution in [0.15, 0.2) is 24.3 Å². The number of carbonyl (C=O) groups is 2. The maximum Gasteiger partial charge on any atom is 0.310 e. The summed E-state index contributed by atoms with van der Waals surface area (Å²) in [4.78, 5) is 27.2. The van der Waals surface area contributed by atoms with Gasteiger partial charge >= 0.3 is 5.97 Å². The zero-order chi connectivity index (χ0) is 16.1. The molecule has 114 valence electrons. The number of aromatic nitrogens is 1. The van der Waals surface area contributed by atoms with E-state index in [4.69, 9.17) is 11.2 Å². The van der Waals surface area contributed by atoms with Gasteiger partial charge in [0.05, 0.1) is 19.1 Å². The minimum absolute atomic E-state index is 0.0328. The lowest BCUT2D eigenvalue weighted by Crippen LogP contribution is -2.32. The molecule has 1 heterocycles. The van der Waals surface area contributed by atoms with Crippen molar-refractivity contribution in [2.45, 2.75) is 26.3 Å². The van der Waals surface area contributed by atoms with E-state index < -0.39 is 6.04 Å². The molecule has 1 atom stereocenters. The van der Waals surface area contributed by atoms with Crippen molar-refractivity contribution in [2.24, 2.45) is 0 Å². The van der Waals surface area contributed by atoms with Crippen LogP contribution in [0.2, 0.25) is 0 Å². The van der Waals surface area contributed by atoms with Crippen molar-refractivity contribution in [3.8, 4) is 12.3 Å². The molecule has 0 bridgehead atoms. The number of hydrogen-bond donors (Lipinski definition) is 2. The van der Waals surface area contributed by atoms with Crippen molar-refractivity contribution in [3.63, 3.8) is 0 Å². The molecule has 22 heavy (non-hydrogen) atoms. The van der Waals surface area contributed by atoms with Gasteiger partial charge in [-0.3, -0.25) is 9.59 Å². The summed E-state index contributed by atoms with van der Waals surface area (Å²) >= 11 is 0. The van der Waals surface area contributed by atoms with Crippen LogP contribution in [0.5, 0.6) is 0 Å². The summed E-state index contributed by atoms with van der Waals surface area (Å²) in [5.41, 5.74) is 1.76. The summed E-state index contributed by atoms with van der Waals surface area (Å²) < 4.78 is 4.98. The normalized spacial score (nSPS) is 11.7. The van der Waals surface area contributed by atoms with Crippen molar-refractivity contribution in [3.05, 3.63) is 35.5 Å². The van der Waals surface area contributed by atoms with E-state index in [1.807, 2.05) is 24.3 Å². The molecule has 2 N–H and O–H groups in total. The Kier molecular flexibility index (Phi) is 4.84. The fraction of sp³-hybridized carbons (Fsp3) is 0.294. The Morgan fingerprint density at radius 1 is 1.41 bits per heavy atom. The van der Waals surface area contributed by atoms with Gasteiger partial charge in [-0.1, -0.05) is 24.1 Å². The Balaban J connectivity index is 2.42. The highest BCUT2D eigenvalue weighted by molar-refractivity contribution is 6.02. The Morgan fingerprint density at radius 3 is 2.82 bits per heavy atom. The van der Waals surface area contributed by atoms with Gasteiger partial charge in [0.25, 0.3) is 5.91 Å². The van der Waals surface area contributed by atoms with Gasteiger partial charge in [0.2, 0.25) is 0 Å². The van der Waals surface area contributed by atoms with Crippen LogP contribution < -0.4 is 5.32 Å². The van der Waals surface area contributed by atoms with Crippen molar-refractivity contribution in [2.75, 3.05) is 6.61 Å². The van der Waals surface area contributed by atoms with Crippen LogP contribution in [0.4, 0.5) is 0 Å². The van der Waals surface area contributed by atoms with Gasteiger partial charge in [0.1, 0.15) is 5.69 Å². The summed E-state index contributed by atoms with van der Waals surface area (Å²) in [6, 6.07) is 7.04. The van der Waals surface area contributed by atoms with Gasteiger partial charge in [-0.25, -0.2) is 0 Å². The summed E-state index contributed by atoms with van der Waals surface area (Å²) in [5.74, 6) is 1.74. The zero-order valence-corrected chi connectivity index (χ0v) is 12.6. The van der Waals surface area contributed by atoms with Crippen molar-refractivity contribution >= 4 is 22.8 Å². The van der Waals surface area contributed by atoms with Gasteiger partial charge in [-0.15, -0.1) is 6.42 Å². The molecule has 0 unspecified atom stereocenters. The number of rotatable bonds is 5. The molecule has 2 rings (SSSR count). The number of fused-ring (bicyclic) bond motifs is 1. The first-order valence-electron chi connectivity index (χ1n) is 7.09. The van der Waals surface area contributed by atoms with Gasteiger partial charge in [-0.05, 0) is 19.9 Å². The number of para-hydroxylation sites is 1. The number of nitrogens with one attached hydrogen (secondary N) is 2. The van der Waals surface area contributed by atoms with Gasteiger partial charge in [-0.2, -0.15) is 0 Å². The molecule has 0 saturated heterocycles. The van der Waals surface area contributed by atoms with E-state index in [0.29, 0.717) is 17.9 Å². The highest BCUT2D eigenvalue weighted by Crippen LogP contribution is 2.23. The minimum atomic E-state index is -0.394. The molecule has 0 aliphatic heterocycles. The number of hydrogen-bond acceptors (Lipinski definition) is 3. The number of ether oxygens (including phenoxy) is 1. The Labute approximate surface area is 129 Å². The Hall–Kier alpha value is -2.74. The maximum atomic E-state index is 12.4. The van der Waals surface area contributed by atoms with Crippen LogP contribution in [0, 0.1) is 12.3 Å². The van der Waals surface area contributed by atoms with Gasteiger partial charge < -0.3 is 15.0 Å². The molecular formula is C17H18N2O3. The highest BCUT2D eigenvalue weighted by atomic mass is 16.5. The van der Waals surface area contributed by atoms with Crippen molar-refractivity contribution in [1.29, 1.82) is 0 Å². The molecule has 5 heteroatoms. The van der Waals surface area contributed by atoms with Crippen molar-refractivity contribution < 1.29 is 14.3 Å². The molecule has 0 spiro atoms. The van der Waals surface area contributed by atoms with E-state index in [-0.39, 0.29) is 18.3 Å². The van der Waals surface area contributed by atoms with E-state index in [9.17, 15) is 9.59 Å². The molecule has 1 amide bonds. The SMILES string of the molecule is C#C[C@@H](C)NC(=O)c1[nH]c2ccccc2c1CC(=O)OCC. The lowest BCUT2D eigenvalue weighted by Gasteiger charge is -2.08. The third-order valence-electron chi connectivity index (χ3n) is 3.26. The fourth-order valence-corrected chi connectivity index (χ4v) is 2.24. The van der Waals surface area contributed by atoms with E-state index in [1.165, 1.54) is 0 Å². The zero-order valence-electron chi connectivity index (χ0n) is 12.6. The van der Waals surface area contributed by atoms with E-state index in [1.54, 1.807) is 13.8 Å². The van der Waals surface area contributed by atoms with Crippen LogP contribution >= 0.6 is 0 Å². The molecule has 0 aliphatic carbocycles. The van der Waals surface area contributed by atoms with Crippen LogP contribution in [-0.4, -0.2) is 29.5 Å². The van der Waals surface area contributed by atoms with Gasteiger partial charge in [0.15, 0.2) is 0 Å². The number of esters is 1. The monoisotopic (exact) mass is 298 g/mol. The molecule has 1 aromatic carbocycles. The first-order valence-corrected chi connectivity index (χ1v) is 7.09. The standard InChI is InChI=1S/C17H18N2O3/c1-4-11(3)18-17(21)16-13(10-15(20)22-5-2)12-8-6-7-9-14(12)19-16/h1,6-9,11,19H,5,10H2,2-3H3,(H,18,21)/t11-/m1/s1. The predicted octanol–water partition coefficient (Wildman–Crippen LogP) is 2.02. The lowest BCUT2D eigenvalue weighted by atomic mass is 10.1. The third kappa shape index (κ3) is 3.29. The Bertz CT molecular complexity index is 740. The first kappa shape index (κ1) is 15.6. The molecule has 5 nitrogen and oxygen atoms in total. The molecule has 0 radical (unpaired) electrons. The molecule has 1 aromatic heterocycles. The lowest BCUT2D eigenvalue weighted by molar-refractivity contribution is -0.142. The van der Waals surface area contributed by atoms with Gasteiger partial charge in [0, 0.05) is 16.5 Å². The molecular weight excluding hydrogens is 280 g/mol. The molecule has 0 fully saturated rings. The smallest absolute Gasteiger partial charge is 0.310 e. The molecule has 0 saturated carbocycles. The maximum absolute atomic E-state index is 12.4. The first-order chi connectivity index (χ1) is 10.6. The van der Waals surface area contributed by atoms with E-state index in [2.05, 4.69) is 16.2 Å². The number of H-pyrrole nitrogens is 1. The Morgan fingerprint density at radius 2 is 2.14 bits per heavy atom. The molecule has 2 aromatic rings. The second kappa shape index (κ2) is 6.81. The number of terminal acetylenes is 1. The average Bonchev–Trinajstić information content (AvgIpc) is 2.86. The summed E-state index contributed by atoms with van der Waals surface area (Å²) in [6.45, 7) is 3.76.